The van der Waals surface area contributed by atoms with E-state index in [1.54, 1.807) is 18.7 Å². The van der Waals surface area contributed by atoms with Gasteiger partial charge >= 0.3 is 5.97 Å². The summed E-state index contributed by atoms with van der Waals surface area (Å²) in [7, 11) is 0. The van der Waals surface area contributed by atoms with Gasteiger partial charge in [0.1, 0.15) is 5.54 Å². The molecule has 1 aromatic rings. The molecule has 0 aliphatic carbocycles. The zero-order valence-corrected chi connectivity index (χ0v) is 15.4. The molecule has 1 atom stereocenters. The van der Waals surface area contributed by atoms with Crippen LogP contribution in [0.1, 0.15) is 33.3 Å². The van der Waals surface area contributed by atoms with Gasteiger partial charge in [-0.1, -0.05) is 44.2 Å². The van der Waals surface area contributed by atoms with Crippen LogP contribution in [0.25, 0.3) is 0 Å². The van der Waals surface area contributed by atoms with Crippen molar-refractivity contribution in [2.24, 2.45) is 5.92 Å². The number of amides is 1. The maximum atomic E-state index is 12.4. The van der Waals surface area contributed by atoms with E-state index in [1.807, 2.05) is 44.2 Å². The smallest absolute Gasteiger partial charge is 0.320 e. The maximum Gasteiger partial charge on any atom is 0.320 e. The number of nitrogens with zero attached hydrogens (tertiary/aromatic N) is 2. The molecule has 0 aromatic heterocycles. The van der Waals surface area contributed by atoms with Gasteiger partial charge < -0.3 is 10.1 Å². The van der Waals surface area contributed by atoms with E-state index < -0.39 is 5.54 Å². The van der Waals surface area contributed by atoms with Crippen molar-refractivity contribution in [1.82, 2.24) is 10.2 Å². The molecule has 1 unspecified atom stereocenters. The second-order valence-corrected chi connectivity index (χ2v) is 6.45. The molecule has 0 aliphatic rings. The molecule has 1 N–H and O–H groups in total. The molecule has 0 fully saturated rings. The second kappa shape index (κ2) is 9.80. The lowest BCUT2D eigenvalue weighted by Crippen LogP contribution is -2.52. The predicted molar refractivity (Wildman–Crippen MR) is 95.4 cm³/mol. The molecule has 1 amide bonds. The van der Waals surface area contributed by atoms with Crippen LogP contribution in [0, 0.1) is 17.2 Å². The van der Waals surface area contributed by atoms with E-state index in [9.17, 15) is 14.9 Å². The zero-order chi connectivity index (χ0) is 18.9. The van der Waals surface area contributed by atoms with Crippen LogP contribution < -0.4 is 5.32 Å². The lowest BCUT2D eigenvalue weighted by molar-refractivity contribution is -0.144. The van der Waals surface area contributed by atoms with E-state index in [0.29, 0.717) is 13.2 Å². The summed E-state index contributed by atoms with van der Waals surface area (Å²) in [5.41, 5.74) is 0.0471. The van der Waals surface area contributed by atoms with Gasteiger partial charge in [-0.25, -0.2) is 0 Å². The van der Waals surface area contributed by atoms with Gasteiger partial charge in [-0.15, -0.1) is 0 Å². The molecule has 6 heteroatoms. The van der Waals surface area contributed by atoms with Crippen LogP contribution in [0.4, 0.5) is 0 Å². The third-order valence-corrected chi connectivity index (χ3v) is 4.06. The number of hydrogen-bond donors (Lipinski definition) is 1. The fourth-order valence-corrected chi connectivity index (χ4v) is 2.23. The molecule has 0 heterocycles. The largest absolute Gasteiger partial charge is 0.465 e. The highest BCUT2D eigenvalue weighted by atomic mass is 16.5. The Balaban J connectivity index is 2.79. The van der Waals surface area contributed by atoms with Crippen LogP contribution in [0.5, 0.6) is 0 Å². The van der Waals surface area contributed by atoms with Crippen molar-refractivity contribution in [2.75, 3.05) is 19.7 Å². The average molecular weight is 345 g/mol. The number of nitriles is 1. The van der Waals surface area contributed by atoms with Crippen molar-refractivity contribution in [3.63, 3.8) is 0 Å². The van der Waals surface area contributed by atoms with Gasteiger partial charge in [0.2, 0.25) is 5.91 Å². The van der Waals surface area contributed by atoms with E-state index in [4.69, 9.17) is 4.74 Å². The van der Waals surface area contributed by atoms with Crippen molar-refractivity contribution in [3.8, 4) is 6.07 Å². The van der Waals surface area contributed by atoms with Crippen LogP contribution in [0.15, 0.2) is 30.3 Å². The maximum absolute atomic E-state index is 12.4. The highest BCUT2D eigenvalue weighted by Gasteiger charge is 2.30. The van der Waals surface area contributed by atoms with Crippen molar-refractivity contribution >= 4 is 11.9 Å². The summed E-state index contributed by atoms with van der Waals surface area (Å²) in [6.45, 7) is 7.96. The molecule has 136 valence electrons. The number of nitrogens with one attached hydrogen (secondary N) is 1. The molecule has 0 saturated carbocycles. The third-order valence-electron chi connectivity index (χ3n) is 4.06. The molecular weight excluding hydrogens is 318 g/mol. The first-order valence-electron chi connectivity index (χ1n) is 8.45. The number of carbonyl (C=O) groups is 2. The Morgan fingerprint density at radius 3 is 2.44 bits per heavy atom. The normalized spacial score (nSPS) is 13.2. The molecule has 0 aliphatic heterocycles. The van der Waals surface area contributed by atoms with E-state index in [0.717, 1.165) is 5.56 Å². The summed E-state index contributed by atoms with van der Waals surface area (Å²) in [4.78, 5) is 25.9. The van der Waals surface area contributed by atoms with Crippen LogP contribution in [0.2, 0.25) is 0 Å². The van der Waals surface area contributed by atoms with Crippen molar-refractivity contribution in [3.05, 3.63) is 35.9 Å². The Hall–Kier alpha value is -2.39. The number of esters is 1. The predicted octanol–water partition coefficient (Wildman–Crippen LogP) is 2.11. The fraction of sp³-hybridized carbons (Fsp3) is 0.526. The van der Waals surface area contributed by atoms with E-state index >= 15 is 0 Å². The van der Waals surface area contributed by atoms with Crippen LogP contribution >= 0.6 is 0 Å². The molecule has 6 nitrogen and oxygen atoms in total. The quantitative estimate of drug-likeness (QED) is 0.693. The Morgan fingerprint density at radius 2 is 1.92 bits per heavy atom. The highest BCUT2D eigenvalue weighted by Crippen LogP contribution is 2.15. The summed E-state index contributed by atoms with van der Waals surface area (Å²) in [5, 5.41) is 12.1. The number of ether oxygens (including phenoxy) is 1. The minimum Gasteiger partial charge on any atom is -0.465 e. The minimum absolute atomic E-state index is 0.0116. The topological polar surface area (TPSA) is 82.4 Å². The van der Waals surface area contributed by atoms with Crippen LogP contribution in [-0.2, 0) is 20.9 Å². The lowest BCUT2D eigenvalue weighted by Gasteiger charge is -2.29. The van der Waals surface area contributed by atoms with E-state index in [1.165, 1.54) is 0 Å². The van der Waals surface area contributed by atoms with E-state index in [2.05, 4.69) is 11.4 Å². The van der Waals surface area contributed by atoms with E-state index in [-0.39, 0.29) is 30.9 Å². The van der Waals surface area contributed by atoms with Crippen molar-refractivity contribution in [1.29, 1.82) is 5.26 Å². The summed E-state index contributed by atoms with van der Waals surface area (Å²) in [5.74, 6) is -0.704. The molecule has 1 aromatic carbocycles. The summed E-state index contributed by atoms with van der Waals surface area (Å²) in [6, 6.07) is 11.7. The molecule has 0 bridgehead atoms. The van der Waals surface area contributed by atoms with Crippen LogP contribution in [0.3, 0.4) is 0 Å². The number of benzene rings is 1. The standard InChI is InChI=1S/C19H27N3O3/c1-5-25-18(24)13-22(11-16-9-7-6-8-10-16)12-17(23)21-19(4,14-20)15(2)3/h6-10,15H,5,11-13H2,1-4H3,(H,21,23). The molecular formula is C19H27N3O3. The highest BCUT2D eigenvalue weighted by molar-refractivity contribution is 5.80. The monoisotopic (exact) mass is 345 g/mol. The minimum atomic E-state index is -0.945. The van der Waals surface area contributed by atoms with Gasteiger partial charge in [-0.2, -0.15) is 5.26 Å². The Kier molecular flexibility index (Phi) is 8.09. The Bertz CT molecular complexity index is 610. The first kappa shape index (κ1) is 20.7. The summed E-state index contributed by atoms with van der Waals surface area (Å²) < 4.78 is 4.99. The molecule has 0 saturated heterocycles. The van der Waals surface area contributed by atoms with Gasteiger partial charge in [0, 0.05) is 6.54 Å². The van der Waals surface area contributed by atoms with Crippen molar-refractivity contribution in [2.45, 2.75) is 39.8 Å². The fourth-order valence-electron chi connectivity index (χ4n) is 2.23. The average Bonchev–Trinajstić information content (AvgIpc) is 2.55. The summed E-state index contributed by atoms with van der Waals surface area (Å²) in [6.07, 6.45) is 0. The first-order valence-corrected chi connectivity index (χ1v) is 8.45. The molecule has 0 radical (unpaired) electrons. The number of hydrogen-bond acceptors (Lipinski definition) is 5. The Morgan fingerprint density at radius 1 is 1.28 bits per heavy atom. The number of carbonyl (C=O) groups excluding carboxylic acids is 2. The second-order valence-electron chi connectivity index (χ2n) is 6.45. The third kappa shape index (κ3) is 6.94. The SMILES string of the molecule is CCOC(=O)CN(CC(=O)NC(C)(C#N)C(C)C)Cc1ccccc1. The lowest BCUT2D eigenvalue weighted by atomic mass is 9.90. The van der Waals surface area contributed by atoms with Gasteiger partial charge in [-0.3, -0.25) is 14.5 Å². The molecule has 1 rings (SSSR count). The van der Waals surface area contributed by atoms with Crippen molar-refractivity contribution < 1.29 is 14.3 Å². The van der Waals surface area contributed by atoms with Gasteiger partial charge in [0.05, 0.1) is 25.8 Å². The zero-order valence-electron chi connectivity index (χ0n) is 15.4. The molecule has 25 heavy (non-hydrogen) atoms. The number of rotatable bonds is 9. The Labute approximate surface area is 149 Å². The van der Waals surface area contributed by atoms with Gasteiger partial charge in [-0.05, 0) is 25.3 Å². The summed E-state index contributed by atoms with van der Waals surface area (Å²) >= 11 is 0. The molecule has 0 spiro atoms. The van der Waals surface area contributed by atoms with Gasteiger partial charge in [0.25, 0.3) is 0 Å². The van der Waals surface area contributed by atoms with Crippen LogP contribution in [-0.4, -0.2) is 42.0 Å². The van der Waals surface area contributed by atoms with Gasteiger partial charge in [0.15, 0.2) is 0 Å². The first-order chi connectivity index (χ1) is 11.8.